The van der Waals surface area contributed by atoms with Gasteiger partial charge in [-0.2, -0.15) is 5.10 Å². The van der Waals surface area contributed by atoms with Gasteiger partial charge in [-0.1, -0.05) is 23.2 Å². The first kappa shape index (κ1) is 17.6. The van der Waals surface area contributed by atoms with Crippen molar-refractivity contribution in [3.8, 4) is 5.75 Å². The molecule has 25 heavy (non-hydrogen) atoms. The van der Waals surface area contributed by atoms with Gasteiger partial charge in [-0.25, -0.2) is 5.01 Å². The maximum absolute atomic E-state index is 12.2. The summed E-state index contributed by atoms with van der Waals surface area (Å²) in [5, 5.41) is 6.14. The van der Waals surface area contributed by atoms with Crippen LogP contribution in [0.15, 0.2) is 47.6 Å². The van der Waals surface area contributed by atoms with E-state index >= 15 is 0 Å². The molecule has 2 aromatic rings. The molecule has 0 radical (unpaired) electrons. The molecule has 3 rings (SSSR count). The molecule has 0 bridgehead atoms. The van der Waals surface area contributed by atoms with Crippen LogP contribution >= 0.6 is 23.2 Å². The third kappa shape index (κ3) is 4.24. The molecular formula is C16H9Cl2F3N2O2. The number of rotatable bonds is 3. The van der Waals surface area contributed by atoms with Crippen molar-refractivity contribution < 1.29 is 22.7 Å². The number of benzene rings is 2. The zero-order chi connectivity index (χ0) is 18.2. The van der Waals surface area contributed by atoms with Crippen LogP contribution in [0.2, 0.25) is 10.0 Å². The zero-order valence-corrected chi connectivity index (χ0v) is 13.9. The first-order chi connectivity index (χ1) is 11.7. The maximum Gasteiger partial charge on any atom is 0.573 e. The van der Waals surface area contributed by atoms with Crippen LogP contribution in [-0.2, 0) is 4.79 Å². The Bertz CT molecular complexity index is 831. The summed E-state index contributed by atoms with van der Waals surface area (Å²) in [6, 6.07) is 9.67. The van der Waals surface area contributed by atoms with Crippen LogP contribution < -0.4 is 9.75 Å². The van der Waals surface area contributed by atoms with Crippen LogP contribution in [0.3, 0.4) is 0 Å². The lowest BCUT2D eigenvalue weighted by Gasteiger charge is -2.13. The number of alkyl halides is 3. The fourth-order valence-electron chi connectivity index (χ4n) is 2.30. The topological polar surface area (TPSA) is 41.9 Å². The number of anilines is 1. The number of hydrazone groups is 1. The minimum atomic E-state index is -4.78. The molecule has 0 unspecified atom stereocenters. The Morgan fingerprint density at radius 2 is 1.64 bits per heavy atom. The standard InChI is InChI=1S/C16H9Cl2F3N2O2/c17-10-5-9(6-11(18)7-10)14-8-15(24)23(22-14)12-1-3-13(4-2-12)25-16(19,20)21/h1-7H,8H2. The normalized spacial score (nSPS) is 14.7. The average Bonchev–Trinajstić information content (AvgIpc) is 2.87. The van der Waals surface area contributed by atoms with Crippen molar-refractivity contribution in [1.82, 2.24) is 0 Å². The van der Waals surface area contributed by atoms with Gasteiger partial charge >= 0.3 is 6.36 Å². The second-order valence-corrected chi connectivity index (χ2v) is 6.00. The first-order valence-electron chi connectivity index (χ1n) is 6.94. The largest absolute Gasteiger partial charge is 0.573 e. The van der Waals surface area contributed by atoms with E-state index in [1.165, 1.54) is 12.1 Å². The summed E-state index contributed by atoms with van der Waals surface area (Å²) >= 11 is 11.9. The van der Waals surface area contributed by atoms with Gasteiger partial charge in [0, 0.05) is 15.6 Å². The lowest BCUT2D eigenvalue weighted by atomic mass is 10.1. The zero-order valence-electron chi connectivity index (χ0n) is 12.3. The smallest absolute Gasteiger partial charge is 0.406 e. The molecule has 0 atom stereocenters. The molecular weight excluding hydrogens is 380 g/mol. The molecule has 9 heteroatoms. The summed E-state index contributed by atoms with van der Waals surface area (Å²) in [5.74, 6) is -0.704. The average molecular weight is 389 g/mol. The van der Waals surface area contributed by atoms with Crippen molar-refractivity contribution in [3.05, 3.63) is 58.1 Å². The number of nitrogens with zero attached hydrogens (tertiary/aromatic N) is 2. The third-order valence-corrected chi connectivity index (χ3v) is 3.72. The molecule has 0 saturated carbocycles. The van der Waals surface area contributed by atoms with Crippen LogP contribution in [0, 0.1) is 0 Å². The number of amides is 1. The molecule has 2 aromatic carbocycles. The number of carbonyl (C=O) groups excluding carboxylic acids is 1. The van der Waals surface area contributed by atoms with E-state index in [1.807, 2.05) is 0 Å². The van der Waals surface area contributed by atoms with E-state index in [1.54, 1.807) is 18.2 Å². The molecule has 1 aliphatic rings. The van der Waals surface area contributed by atoms with E-state index in [9.17, 15) is 18.0 Å². The molecule has 0 fully saturated rings. The Labute approximate surface area is 150 Å². The number of hydrogen-bond acceptors (Lipinski definition) is 3. The molecule has 4 nitrogen and oxygen atoms in total. The van der Waals surface area contributed by atoms with Crippen LogP contribution in [0.1, 0.15) is 12.0 Å². The van der Waals surface area contributed by atoms with Gasteiger partial charge in [0.05, 0.1) is 17.8 Å². The predicted molar refractivity (Wildman–Crippen MR) is 88.2 cm³/mol. The number of hydrogen-bond donors (Lipinski definition) is 0. The summed E-state index contributed by atoms with van der Waals surface area (Å²) in [4.78, 5) is 12.2. The molecule has 0 N–H and O–H groups in total. The van der Waals surface area contributed by atoms with E-state index < -0.39 is 6.36 Å². The van der Waals surface area contributed by atoms with Gasteiger partial charge in [-0.15, -0.1) is 13.2 Å². The fourth-order valence-corrected chi connectivity index (χ4v) is 2.83. The highest BCUT2D eigenvalue weighted by Gasteiger charge is 2.31. The lowest BCUT2D eigenvalue weighted by Crippen LogP contribution is -2.20. The molecule has 130 valence electrons. The number of ether oxygens (including phenoxy) is 1. The minimum Gasteiger partial charge on any atom is -0.406 e. The Hall–Kier alpha value is -2.25. The summed E-state index contributed by atoms with van der Waals surface area (Å²) in [6.07, 6.45) is -4.75. The predicted octanol–water partition coefficient (Wildman–Crippen LogP) is 5.03. The monoisotopic (exact) mass is 388 g/mol. The van der Waals surface area contributed by atoms with Gasteiger partial charge in [0.15, 0.2) is 0 Å². The van der Waals surface area contributed by atoms with Crippen LogP contribution in [0.4, 0.5) is 18.9 Å². The highest BCUT2D eigenvalue weighted by atomic mass is 35.5. The Morgan fingerprint density at radius 3 is 2.20 bits per heavy atom. The summed E-state index contributed by atoms with van der Waals surface area (Å²) in [5.41, 5.74) is 1.39. The van der Waals surface area contributed by atoms with E-state index in [-0.39, 0.29) is 18.1 Å². The van der Waals surface area contributed by atoms with E-state index in [0.29, 0.717) is 27.0 Å². The van der Waals surface area contributed by atoms with Gasteiger partial charge in [0.2, 0.25) is 0 Å². The lowest BCUT2D eigenvalue weighted by molar-refractivity contribution is -0.274. The number of halogens is 5. The van der Waals surface area contributed by atoms with E-state index in [4.69, 9.17) is 23.2 Å². The Morgan fingerprint density at radius 1 is 1.04 bits per heavy atom. The second kappa shape index (κ2) is 6.57. The first-order valence-corrected chi connectivity index (χ1v) is 7.69. The molecule has 0 aliphatic carbocycles. The van der Waals surface area contributed by atoms with Gasteiger partial charge in [0.25, 0.3) is 5.91 Å². The molecule has 1 aliphatic heterocycles. The quantitative estimate of drug-likeness (QED) is 0.739. The van der Waals surface area contributed by atoms with Crippen LogP contribution in [-0.4, -0.2) is 18.0 Å². The molecule has 0 spiro atoms. The summed E-state index contributed by atoms with van der Waals surface area (Å²) < 4.78 is 40.3. The molecule has 0 aromatic heterocycles. The second-order valence-electron chi connectivity index (χ2n) is 5.13. The maximum atomic E-state index is 12.2. The van der Waals surface area contributed by atoms with Crippen molar-refractivity contribution >= 4 is 40.5 Å². The minimum absolute atomic E-state index is 0.0253. The summed E-state index contributed by atoms with van der Waals surface area (Å²) in [7, 11) is 0. The van der Waals surface area contributed by atoms with Gasteiger partial charge in [0.1, 0.15) is 5.75 Å². The SMILES string of the molecule is O=C1CC(c2cc(Cl)cc(Cl)c2)=NN1c1ccc(OC(F)(F)F)cc1. The molecule has 0 saturated heterocycles. The number of carbonyl (C=O) groups is 1. The van der Waals surface area contributed by atoms with E-state index in [0.717, 1.165) is 17.1 Å². The summed E-state index contributed by atoms with van der Waals surface area (Å²) in [6.45, 7) is 0. The Balaban J connectivity index is 1.85. The highest BCUT2D eigenvalue weighted by Crippen LogP contribution is 2.29. The van der Waals surface area contributed by atoms with Crippen molar-refractivity contribution in [2.24, 2.45) is 5.10 Å². The highest BCUT2D eigenvalue weighted by molar-refractivity contribution is 6.35. The van der Waals surface area contributed by atoms with Crippen LogP contribution in [0.25, 0.3) is 0 Å². The van der Waals surface area contributed by atoms with Crippen molar-refractivity contribution in [2.75, 3.05) is 5.01 Å². The van der Waals surface area contributed by atoms with Crippen molar-refractivity contribution in [2.45, 2.75) is 12.8 Å². The van der Waals surface area contributed by atoms with Crippen LogP contribution in [0.5, 0.6) is 5.75 Å². The third-order valence-electron chi connectivity index (χ3n) is 3.29. The van der Waals surface area contributed by atoms with Gasteiger partial charge in [-0.05, 0) is 42.5 Å². The molecule has 1 heterocycles. The van der Waals surface area contributed by atoms with E-state index in [2.05, 4.69) is 9.84 Å². The van der Waals surface area contributed by atoms with Gasteiger partial charge < -0.3 is 4.74 Å². The fraction of sp³-hybridized carbons (Fsp3) is 0.125. The van der Waals surface area contributed by atoms with Crippen molar-refractivity contribution in [3.63, 3.8) is 0 Å². The van der Waals surface area contributed by atoms with Gasteiger partial charge in [-0.3, -0.25) is 4.79 Å². The molecule has 1 amide bonds. The Kier molecular flexibility index (Phi) is 4.62. The van der Waals surface area contributed by atoms with Crippen molar-refractivity contribution in [1.29, 1.82) is 0 Å².